The normalized spacial score (nSPS) is 11.7. The van der Waals surface area contributed by atoms with Gasteiger partial charge in [-0.3, -0.25) is 0 Å². The minimum atomic E-state index is -0.182. The van der Waals surface area contributed by atoms with Gasteiger partial charge in [0.1, 0.15) is 0 Å². The van der Waals surface area contributed by atoms with Crippen molar-refractivity contribution in [3.8, 4) is 0 Å². The molecule has 1 aromatic carbocycles. The van der Waals surface area contributed by atoms with E-state index in [1.54, 1.807) is 6.20 Å². The Bertz CT molecular complexity index is 488. The molecule has 0 radical (unpaired) electrons. The Balaban J connectivity index is 2.45. The van der Waals surface area contributed by atoms with Crippen LogP contribution in [0.2, 0.25) is 0 Å². The van der Waals surface area contributed by atoms with Crippen LogP contribution in [-0.4, -0.2) is 22.3 Å². The van der Waals surface area contributed by atoms with Gasteiger partial charge in [0, 0.05) is 22.9 Å². The van der Waals surface area contributed by atoms with E-state index in [0.29, 0.717) is 6.54 Å². The van der Waals surface area contributed by atoms with E-state index in [1.807, 2.05) is 38.1 Å². The van der Waals surface area contributed by atoms with Gasteiger partial charge in [0.25, 0.3) is 0 Å². The van der Waals surface area contributed by atoms with E-state index in [4.69, 9.17) is 5.73 Å². The number of benzene rings is 1. The van der Waals surface area contributed by atoms with Crippen molar-refractivity contribution in [3.63, 3.8) is 0 Å². The highest BCUT2D eigenvalue weighted by Gasteiger charge is 2.16. The summed E-state index contributed by atoms with van der Waals surface area (Å²) in [5.41, 5.74) is 5.51. The first-order valence-corrected chi connectivity index (χ1v) is 5.31. The predicted molar refractivity (Wildman–Crippen MR) is 66.3 cm³/mol. The third-order valence-corrected chi connectivity index (χ3v) is 2.54. The summed E-state index contributed by atoms with van der Waals surface area (Å²) < 4.78 is 0. The van der Waals surface area contributed by atoms with Gasteiger partial charge in [-0.1, -0.05) is 24.3 Å². The summed E-state index contributed by atoms with van der Waals surface area (Å²) in [4.78, 5) is 0. The van der Waals surface area contributed by atoms with Crippen molar-refractivity contribution in [1.29, 1.82) is 0 Å². The maximum absolute atomic E-state index is 5.69. The van der Waals surface area contributed by atoms with Crippen molar-refractivity contribution in [1.82, 2.24) is 10.2 Å². The van der Waals surface area contributed by atoms with Gasteiger partial charge >= 0.3 is 0 Å². The standard InChI is InChI=1S/C12H16N4/c1-12(2,8-13)15-11-10-6-4-3-5-9(10)7-14-16-11/h3-7H,8,13H2,1-2H3,(H,15,16). The number of aromatic nitrogens is 2. The minimum absolute atomic E-state index is 0.182. The molecule has 0 saturated carbocycles. The smallest absolute Gasteiger partial charge is 0.157 e. The van der Waals surface area contributed by atoms with E-state index >= 15 is 0 Å². The number of nitrogens with zero attached hydrogens (tertiary/aromatic N) is 2. The molecule has 0 fully saturated rings. The summed E-state index contributed by atoms with van der Waals surface area (Å²) >= 11 is 0. The molecule has 1 aromatic heterocycles. The molecule has 0 unspecified atom stereocenters. The van der Waals surface area contributed by atoms with Crippen molar-refractivity contribution in [2.24, 2.45) is 5.73 Å². The van der Waals surface area contributed by atoms with Crippen LogP contribution in [-0.2, 0) is 0 Å². The van der Waals surface area contributed by atoms with Crippen LogP contribution < -0.4 is 11.1 Å². The Morgan fingerprint density at radius 2 is 2.06 bits per heavy atom. The molecule has 1 heterocycles. The molecule has 84 valence electrons. The van der Waals surface area contributed by atoms with E-state index in [1.165, 1.54) is 0 Å². The van der Waals surface area contributed by atoms with E-state index in [9.17, 15) is 0 Å². The number of hydrogen-bond donors (Lipinski definition) is 2. The number of anilines is 1. The summed E-state index contributed by atoms with van der Waals surface area (Å²) in [6.45, 7) is 4.62. The molecule has 2 rings (SSSR count). The zero-order chi connectivity index (χ0) is 11.6. The van der Waals surface area contributed by atoms with Crippen LogP contribution in [0, 0.1) is 0 Å². The lowest BCUT2D eigenvalue weighted by Gasteiger charge is -2.25. The number of rotatable bonds is 3. The maximum atomic E-state index is 5.69. The minimum Gasteiger partial charge on any atom is -0.362 e. The highest BCUT2D eigenvalue weighted by molar-refractivity contribution is 5.91. The Labute approximate surface area is 94.9 Å². The van der Waals surface area contributed by atoms with E-state index < -0.39 is 0 Å². The highest BCUT2D eigenvalue weighted by Crippen LogP contribution is 2.21. The zero-order valence-corrected chi connectivity index (χ0v) is 9.57. The molecule has 0 saturated heterocycles. The van der Waals surface area contributed by atoms with E-state index in [0.717, 1.165) is 16.6 Å². The Hall–Kier alpha value is -1.68. The van der Waals surface area contributed by atoms with Gasteiger partial charge in [0.2, 0.25) is 0 Å². The van der Waals surface area contributed by atoms with E-state index in [-0.39, 0.29) is 5.54 Å². The van der Waals surface area contributed by atoms with Gasteiger partial charge in [-0.05, 0) is 13.8 Å². The lowest BCUT2D eigenvalue weighted by atomic mass is 10.1. The molecule has 2 aromatic rings. The van der Waals surface area contributed by atoms with Crippen molar-refractivity contribution in [2.75, 3.05) is 11.9 Å². The first-order chi connectivity index (χ1) is 7.62. The summed E-state index contributed by atoms with van der Waals surface area (Å²) in [5, 5.41) is 13.6. The first-order valence-electron chi connectivity index (χ1n) is 5.31. The van der Waals surface area contributed by atoms with Crippen LogP contribution in [0.4, 0.5) is 5.82 Å². The third kappa shape index (κ3) is 2.12. The average Bonchev–Trinajstić information content (AvgIpc) is 2.29. The van der Waals surface area contributed by atoms with Gasteiger partial charge < -0.3 is 11.1 Å². The van der Waals surface area contributed by atoms with Gasteiger partial charge in [0.05, 0.1) is 6.20 Å². The fraction of sp³-hybridized carbons (Fsp3) is 0.333. The second-order valence-electron chi connectivity index (χ2n) is 4.49. The van der Waals surface area contributed by atoms with Gasteiger partial charge in [0.15, 0.2) is 5.82 Å². The Morgan fingerprint density at radius 1 is 1.31 bits per heavy atom. The number of hydrogen-bond acceptors (Lipinski definition) is 4. The van der Waals surface area contributed by atoms with E-state index in [2.05, 4.69) is 15.5 Å². The SMILES string of the molecule is CC(C)(CN)Nc1nncc2ccccc12. The van der Waals surface area contributed by atoms with Crippen molar-refractivity contribution in [2.45, 2.75) is 19.4 Å². The van der Waals surface area contributed by atoms with Crippen molar-refractivity contribution in [3.05, 3.63) is 30.5 Å². The van der Waals surface area contributed by atoms with Gasteiger partial charge in [-0.25, -0.2) is 0 Å². The maximum Gasteiger partial charge on any atom is 0.157 e. The quantitative estimate of drug-likeness (QED) is 0.821. The first kappa shape index (κ1) is 10.8. The van der Waals surface area contributed by atoms with Crippen LogP contribution >= 0.6 is 0 Å². The van der Waals surface area contributed by atoms with Crippen molar-refractivity contribution >= 4 is 16.6 Å². The summed E-state index contributed by atoms with van der Waals surface area (Å²) in [5.74, 6) is 0.786. The van der Waals surface area contributed by atoms with Crippen molar-refractivity contribution < 1.29 is 0 Å². The molecule has 4 heteroatoms. The molecular formula is C12H16N4. The summed E-state index contributed by atoms with van der Waals surface area (Å²) in [6.07, 6.45) is 1.76. The third-order valence-electron chi connectivity index (χ3n) is 2.54. The fourth-order valence-electron chi connectivity index (χ4n) is 1.49. The molecule has 0 bridgehead atoms. The predicted octanol–water partition coefficient (Wildman–Crippen LogP) is 1.78. The zero-order valence-electron chi connectivity index (χ0n) is 9.57. The largest absolute Gasteiger partial charge is 0.362 e. The monoisotopic (exact) mass is 216 g/mol. The molecule has 0 spiro atoms. The van der Waals surface area contributed by atoms with Gasteiger partial charge in [-0.2, -0.15) is 5.10 Å². The fourth-order valence-corrected chi connectivity index (χ4v) is 1.49. The molecule has 16 heavy (non-hydrogen) atoms. The molecule has 0 aliphatic rings. The second-order valence-corrected chi connectivity index (χ2v) is 4.49. The molecular weight excluding hydrogens is 200 g/mol. The number of fused-ring (bicyclic) bond motifs is 1. The number of nitrogens with two attached hydrogens (primary N) is 1. The van der Waals surface area contributed by atoms with Crippen LogP contribution in [0.25, 0.3) is 10.8 Å². The summed E-state index contributed by atoms with van der Waals surface area (Å²) in [6, 6.07) is 8.02. The lowest BCUT2D eigenvalue weighted by molar-refractivity contribution is 0.577. The average molecular weight is 216 g/mol. The molecule has 0 aliphatic carbocycles. The summed E-state index contributed by atoms with van der Waals surface area (Å²) in [7, 11) is 0. The van der Waals surface area contributed by atoms with Gasteiger partial charge in [-0.15, -0.1) is 5.10 Å². The van der Waals surface area contributed by atoms with Crippen LogP contribution in [0.5, 0.6) is 0 Å². The molecule has 0 amide bonds. The number of nitrogens with one attached hydrogen (secondary N) is 1. The molecule has 0 aliphatic heterocycles. The highest BCUT2D eigenvalue weighted by atomic mass is 15.2. The Kier molecular flexibility index (Phi) is 2.75. The molecule has 4 nitrogen and oxygen atoms in total. The second kappa shape index (κ2) is 4.06. The molecule has 0 atom stereocenters. The van der Waals surface area contributed by atoms with Crippen LogP contribution in [0.15, 0.2) is 30.5 Å². The van der Waals surface area contributed by atoms with Crippen LogP contribution in [0.1, 0.15) is 13.8 Å². The lowest BCUT2D eigenvalue weighted by Crippen LogP contribution is -2.39. The van der Waals surface area contributed by atoms with Crippen LogP contribution in [0.3, 0.4) is 0 Å². The molecule has 3 N–H and O–H groups in total. The topological polar surface area (TPSA) is 63.8 Å². The Morgan fingerprint density at radius 3 is 2.81 bits per heavy atom.